The number of hydrogen-bond acceptors (Lipinski definition) is 8. The Labute approximate surface area is 217 Å². The van der Waals surface area contributed by atoms with Crippen molar-refractivity contribution in [1.82, 2.24) is 4.98 Å². The van der Waals surface area contributed by atoms with E-state index in [-0.39, 0.29) is 27.1 Å². The number of aromatic nitrogens is 1. The molecule has 0 aliphatic heterocycles. The predicted octanol–water partition coefficient (Wildman–Crippen LogP) is 5.63. The number of methoxy groups -OCH3 is 1. The number of phenolic OH excluding ortho intramolecular Hbond substituents is 2. The van der Waals surface area contributed by atoms with Crippen molar-refractivity contribution in [3.05, 3.63) is 93.6 Å². The number of ether oxygens (including phenoxy) is 1. The maximum Gasteiger partial charge on any atom is 0.166 e. The van der Waals surface area contributed by atoms with Gasteiger partial charge in [-0.1, -0.05) is 47.5 Å². The lowest BCUT2D eigenvalue weighted by molar-refractivity contribution is 0.235. The highest BCUT2D eigenvalue weighted by atomic mass is 35.5. The summed E-state index contributed by atoms with van der Waals surface area (Å²) in [6, 6.07) is 23.3. The second-order valence-corrected chi connectivity index (χ2v) is 7.68. The Morgan fingerprint density at radius 3 is 2.14 bits per heavy atom. The normalized spacial score (nSPS) is 10.2. The number of benzene rings is 3. The van der Waals surface area contributed by atoms with Gasteiger partial charge in [0.2, 0.25) is 0 Å². The maximum absolute atomic E-state index is 9.42. The molecule has 180 valence electrons. The Morgan fingerprint density at radius 1 is 0.889 bits per heavy atom. The molecule has 1 atom stereocenters. The largest absolute Gasteiger partial charge is 0.508 e. The van der Waals surface area contributed by atoms with E-state index in [9.17, 15) is 5.11 Å². The fourth-order valence-corrected chi connectivity index (χ4v) is 3.31. The summed E-state index contributed by atoms with van der Waals surface area (Å²) in [5, 5.41) is 54.1. The summed E-state index contributed by atoms with van der Waals surface area (Å²) in [4.78, 5) is 3.98. The highest BCUT2D eigenvalue weighted by molar-refractivity contribution is 6.36. The van der Waals surface area contributed by atoms with Crippen LogP contribution >= 0.6 is 23.2 Å². The SMILES string of the molecule is COc1cccc(C(O)C#N)c1.N#Cc1c(Cl)cc(O)cc1Cl.N#Cc1ccc2cccc(O)c2n1. The molecule has 1 aromatic heterocycles. The Morgan fingerprint density at radius 2 is 1.56 bits per heavy atom. The number of phenols is 2. The number of hydrogen-bond donors (Lipinski definition) is 3. The van der Waals surface area contributed by atoms with Gasteiger partial charge in [0.15, 0.2) is 6.10 Å². The van der Waals surface area contributed by atoms with Crippen LogP contribution < -0.4 is 4.74 Å². The van der Waals surface area contributed by atoms with Gasteiger partial charge in [-0.3, -0.25) is 0 Å². The molecule has 4 aromatic rings. The van der Waals surface area contributed by atoms with Crippen molar-refractivity contribution in [2.24, 2.45) is 0 Å². The van der Waals surface area contributed by atoms with Crippen LogP contribution in [0.15, 0.2) is 66.7 Å². The lowest BCUT2D eigenvalue weighted by atomic mass is 10.1. The zero-order valence-electron chi connectivity index (χ0n) is 18.7. The molecule has 0 radical (unpaired) electrons. The molecule has 3 aromatic carbocycles. The maximum atomic E-state index is 9.42. The molecule has 4 rings (SSSR count). The van der Waals surface area contributed by atoms with E-state index in [1.807, 2.05) is 18.2 Å². The highest BCUT2D eigenvalue weighted by Crippen LogP contribution is 2.28. The van der Waals surface area contributed by atoms with Crippen molar-refractivity contribution >= 4 is 34.1 Å². The first kappa shape index (κ1) is 27.7. The molecule has 1 heterocycles. The van der Waals surface area contributed by atoms with Crippen molar-refractivity contribution in [2.75, 3.05) is 7.11 Å². The number of pyridine rings is 1. The van der Waals surface area contributed by atoms with Gasteiger partial charge in [0.25, 0.3) is 0 Å². The highest BCUT2D eigenvalue weighted by Gasteiger charge is 2.06. The van der Waals surface area contributed by atoms with E-state index in [0.717, 1.165) is 5.39 Å². The fourth-order valence-electron chi connectivity index (χ4n) is 2.75. The van der Waals surface area contributed by atoms with Crippen molar-refractivity contribution in [1.29, 1.82) is 15.8 Å². The first-order valence-corrected chi connectivity index (χ1v) is 10.8. The van der Waals surface area contributed by atoms with Crippen LogP contribution in [0.4, 0.5) is 0 Å². The molecule has 0 spiro atoms. The molecule has 3 N–H and O–H groups in total. The Kier molecular flexibility index (Phi) is 10.3. The van der Waals surface area contributed by atoms with Gasteiger partial charge in [-0.15, -0.1) is 0 Å². The molecular formula is C26H18Cl2N4O4. The Bertz CT molecular complexity index is 1470. The predicted molar refractivity (Wildman–Crippen MR) is 135 cm³/mol. The van der Waals surface area contributed by atoms with Gasteiger partial charge < -0.3 is 20.1 Å². The van der Waals surface area contributed by atoms with Gasteiger partial charge in [0.1, 0.15) is 40.6 Å². The second-order valence-electron chi connectivity index (χ2n) is 6.86. The van der Waals surface area contributed by atoms with Crippen LogP contribution in [0, 0.1) is 34.0 Å². The van der Waals surface area contributed by atoms with Crippen LogP contribution in [0.25, 0.3) is 10.9 Å². The van der Waals surface area contributed by atoms with Gasteiger partial charge in [-0.25, -0.2) is 4.98 Å². The molecule has 0 aliphatic carbocycles. The summed E-state index contributed by atoms with van der Waals surface area (Å²) < 4.78 is 4.93. The zero-order valence-corrected chi connectivity index (χ0v) is 20.2. The summed E-state index contributed by atoms with van der Waals surface area (Å²) in [5.74, 6) is 0.704. The second kappa shape index (κ2) is 13.4. The minimum atomic E-state index is -1.07. The third-order valence-electron chi connectivity index (χ3n) is 4.48. The fraction of sp³-hybridized carbons (Fsp3) is 0.0769. The third kappa shape index (κ3) is 7.50. The van der Waals surface area contributed by atoms with Gasteiger partial charge in [-0.05, 0) is 48.0 Å². The summed E-state index contributed by atoms with van der Waals surface area (Å²) in [5.41, 5.74) is 1.53. The summed E-state index contributed by atoms with van der Waals surface area (Å²) >= 11 is 11.1. The summed E-state index contributed by atoms with van der Waals surface area (Å²) in [7, 11) is 1.54. The van der Waals surface area contributed by atoms with Crippen molar-refractivity contribution < 1.29 is 20.1 Å². The molecule has 0 bridgehead atoms. The molecule has 8 nitrogen and oxygen atoms in total. The van der Waals surface area contributed by atoms with Gasteiger partial charge >= 0.3 is 0 Å². The Balaban J connectivity index is 0.000000191. The topological polar surface area (TPSA) is 154 Å². The number of nitriles is 3. The minimum absolute atomic E-state index is 0.0426. The van der Waals surface area contributed by atoms with Crippen LogP contribution in [0.1, 0.15) is 22.9 Å². The lowest BCUT2D eigenvalue weighted by Gasteiger charge is -2.03. The molecule has 36 heavy (non-hydrogen) atoms. The third-order valence-corrected chi connectivity index (χ3v) is 5.08. The van der Waals surface area contributed by atoms with E-state index < -0.39 is 6.10 Å². The molecule has 0 fully saturated rings. The average molecular weight is 521 g/mol. The monoisotopic (exact) mass is 520 g/mol. The van der Waals surface area contributed by atoms with E-state index in [0.29, 0.717) is 22.5 Å². The van der Waals surface area contributed by atoms with Gasteiger partial charge in [-0.2, -0.15) is 15.8 Å². The molecule has 0 aliphatic rings. The zero-order chi connectivity index (χ0) is 26.7. The minimum Gasteiger partial charge on any atom is -0.508 e. The first-order valence-electron chi connectivity index (χ1n) is 10.0. The van der Waals surface area contributed by atoms with Crippen LogP contribution in [0.3, 0.4) is 0 Å². The van der Waals surface area contributed by atoms with Crippen molar-refractivity contribution in [3.63, 3.8) is 0 Å². The number of aliphatic hydroxyl groups is 1. The van der Waals surface area contributed by atoms with E-state index in [1.54, 1.807) is 54.6 Å². The van der Waals surface area contributed by atoms with Crippen molar-refractivity contribution in [2.45, 2.75) is 6.10 Å². The van der Waals surface area contributed by atoms with E-state index in [4.69, 9.17) is 53.9 Å². The number of para-hydroxylation sites is 1. The summed E-state index contributed by atoms with van der Waals surface area (Å²) in [6.07, 6.45) is -1.07. The lowest BCUT2D eigenvalue weighted by Crippen LogP contribution is -1.93. The quantitative estimate of drug-likeness (QED) is 0.287. The molecule has 0 saturated heterocycles. The molecule has 0 saturated carbocycles. The number of nitrogens with zero attached hydrogens (tertiary/aromatic N) is 4. The summed E-state index contributed by atoms with van der Waals surface area (Å²) in [6.45, 7) is 0. The van der Waals surface area contributed by atoms with E-state index in [1.165, 1.54) is 19.2 Å². The number of fused-ring (bicyclic) bond motifs is 1. The van der Waals surface area contributed by atoms with Crippen LogP contribution in [-0.4, -0.2) is 27.4 Å². The van der Waals surface area contributed by atoms with Gasteiger partial charge in [0, 0.05) is 5.39 Å². The number of aliphatic hydroxyl groups excluding tert-OH is 1. The van der Waals surface area contributed by atoms with E-state index in [2.05, 4.69) is 4.98 Å². The molecule has 0 amide bonds. The van der Waals surface area contributed by atoms with E-state index >= 15 is 0 Å². The van der Waals surface area contributed by atoms with Gasteiger partial charge in [0.05, 0.1) is 28.8 Å². The van der Waals surface area contributed by atoms with Crippen LogP contribution in [0.5, 0.6) is 17.2 Å². The standard InChI is InChI=1S/C10H6N2O.C9H9NO2.C7H3Cl2NO/c11-6-8-5-4-7-2-1-3-9(13)10(7)12-8;1-12-8-4-2-3-7(5-8)9(11)6-10;8-6-1-4(11)2-7(9)5(6)3-10/h1-5,13H;2-5,9,11H,1H3;1-2,11H. The molecule has 1 unspecified atom stereocenters. The average Bonchev–Trinajstić information content (AvgIpc) is 2.89. The van der Waals surface area contributed by atoms with Crippen molar-refractivity contribution in [3.8, 4) is 35.5 Å². The molecular weight excluding hydrogens is 503 g/mol. The van der Waals surface area contributed by atoms with Crippen LogP contribution in [-0.2, 0) is 0 Å². The number of halogens is 2. The molecule has 10 heteroatoms. The first-order chi connectivity index (χ1) is 17.2. The Hall–Kier alpha value is -4.52. The number of rotatable bonds is 2. The number of aromatic hydroxyl groups is 2. The smallest absolute Gasteiger partial charge is 0.166 e. The van der Waals surface area contributed by atoms with Crippen LogP contribution in [0.2, 0.25) is 10.0 Å².